The number of morpholine rings is 1. The number of nitrogens with one attached hydrogen (secondary N) is 1. The van der Waals surface area contributed by atoms with Crippen molar-refractivity contribution in [3.63, 3.8) is 0 Å². The molecule has 0 spiro atoms. The van der Waals surface area contributed by atoms with Gasteiger partial charge in [0, 0.05) is 43.5 Å². The van der Waals surface area contributed by atoms with Gasteiger partial charge in [0.1, 0.15) is 5.82 Å². The van der Waals surface area contributed by atoms with E-state index in [1.807, 2.05) is 0 Å². The highest BCUT2D eigenvalue weighted by Gasteiger charge is 2.58. The Balaban J connectivity index is 1.43. The molecule has 3 unspecified atom stereocenters. The second-order valence-corrected chi connectivity index (χ2v) is 8.73. The average molecular weight is 380 g/mol. The van der Waals surface area contributed by atoms with Gasteiger partial charge in [0.25, 0.3) is 5.56 Å². The lowest BCUT2D eigenvalue weighted by molar-refractivity contribution is 0.0532. The highest BCUT2D eigenvalue weighted by atomic mass is 16.5. The summed E-state index contributed by atoms with van der Waals surface area (Å²) in [6, 6.07) is 15.1. The molecule has 5 nitrogen and oxygen atoms in total. The number of H-pyrrole nitrogens is 1. The van der Waals surface area contributed by atoms with Crippen LogP contribution in [0.4, 0.5) is 11.5 Å². The fraction of sp³-hybridized carbons (Fsp3) is 0.522. The molecule has 1 aliphatic carbocycles. The van der Waals surface area contributed by atoms with Crippen LogP contribution in [0.15, 0.2) is 47.3 Å². The third-order valence-electron chi connectivity index (χ3n) is 6.91. The zero-order chi connectivity index (χ0) is 19.3. The first-order chi connectivity index (χ1) is 13.6. The van der Waals surface area contributed by atoms with Gasteiger partial charge in [-0.2, -0.15) is 0 Å². The van der Waals surface area contributed by atoms with E-state index in [-0.39, 0.29) is 11.7 Å². The van der Waals surface area contributed by atoms with Crippen molar-refractivity contribution >= 4 is 11.5 Å². The molecule has 2 aromatic rings. The minimum atomic E-state index is -0.0151. The Morgan fingerprint density at radius 3 is 2.75 bits per heavy atom. The minimum Gasteiger partial charge on any atom is -0.375 e. The second-order valence-electron chi connectivity index (χ2n) is 8.73. The number of anilines is 2. The second kappa shape index (κ2) is 6.96. The van der Waals surface area contributed by atoms with Gasteiger partial charge in [-0.25, -0.2) is 0 Å². The molecule has 2 saturated heterocycles. The van der Waals surface area contributed by atoms with Crippen LogP contribution in [0, 0.1) is 17.8 Å². The van der Waals surface area contributed by atoms with Crippen LogP contribution in [0.3, 0.4) is 0 Å². The molecule has 5 atom stereocenters. The molecule has 3 fully saturated rings. The first-order valence-electron chi connectivity index (χ1n) is 10.5. The van der Waals surface area contributed by atoms with Gasteiger partial charge in [-0.3, -0.25) is 4.79 Å². The number of nitrogens with zero attached hydrogens (tertiary/aromatic N) is 2. The number of rotatable bonds is 4. The number of hydrogen-bond donors (Lipinski definition) is 1. The molecule has 5 heteroatoms. The van der Waals surface area contributed by atoms with Crippen molar-refractivity contribution in [3.05, 3.63) is 58.4 Å². The molecule has 3 heterocycles. The maximum atomic E-state index is 12.5. The SMILES string of the molecule is CC1C2CN(c3cc(N4CCO[C@H](C)C4)cc(=O)[nH]3)[C@H](Cc3ccccc3)C12. The summed E-state index contributed by atoms with van der Waals surface area (Å²) >= 11 is 0. The van der Waals surface area contributed by atoms with E-state index in [2.05, 4.69) is 65.0 Å². The zero-order valence-electron chi connectivity index (χ0n) is 16.7. The number of pyridine rings is 1. The van der Waals surface area contributed by atoms with Crippen molar-refractivity contribution in [2.75, 3.05) is 36.0 Å². The van der Waals surface area contributed by atoms with E-state index in [9.17, 15) is 4.79 Å². The van der Waals surface area contributed by atoms with Crippen LogP contribution in [0.1, 0.15) is 19.4 Å². The summed E-state index contributed by atoms with van der Waals surface area (Å²) in [7, 11) is 0. The summed E-state index contributed by atoms with van der Waals surface area (Å²) in [5, 5.41) is 0. The van der Waals surface area contributed by atoms with E-state index in [1.54, 1.807) is 6.07 Å². The molecule has 0 radical (unpaired) electrons. The van der Waals surface area contributed by atoms with Gasteiger partial charge in [0.15, 0.2) is 0 Å². The van der Waals surface area contributed by atoms with E-state index in [0.717, 1.165) is 55.3 Å². The van der Waals surface area contributed by atoms with E-state index >= 15 is 0 Å². The zero-order valence-corrected chi connectivity index (χ0v) is 16.7. The number of ether oxygens (including phenoxy) is 1. The Morgan fingerprint density at radius 2 is 1.96 bits per heavy atom. The summed E-state index contributed by atoms with van der Waals surface area (Å²) < 4.78 is 5.67. The predicted molar refractivity (Wildman–Crippen MR) is 112 cm³/mol. The van der Waals surface area contributed by atoms with E-state index in [0.29, 0.717) is 12.6 Å². The summed E-state index contributed by atoms with van der Waals surface area (Å²) in [4.78, 5) is 20.3. The summed E-state index contributed by atoms with van der Waals surface area (Å²) in [6.07, 6.45) is 1.23. The molecular weight excluding hydrogens is 350 g/mol. The topological polar surface area (TPSA) is 48.6 Å². The number of aromatic nitrogens is 1. The Morgan fingerprint density at radius 1 is 1.14 bits per heavy atom. The standard InChI is InChI=1S/C23H29N3O2/c1-15-13-25(8-9-28-15)18-11-21(24-22(27)12-18)26-14-19-16(2)23(19)20(26)10-17-6-4-3-5-7-17/h3-7,11-12,15-16,19-20,23H,8-10,13-14H2,1-2H3,(H,24,27)/t15-,16?,19?,20-,23?/m1/s1. The molecule has 3 aliphatic rings. The van der Waals surface area contributed by atoms with E-state index < -0.39 is 0 Å². The highest BCUT2D eigenvalue weighted by Crippen LogP contribution is 2.56. The van der Waals surface area contributed by atoms with E-state index in [4.69, 9.17) is 4.74 Å². The third kappa shape index (κ3) is 3.22. The lowest BCUT2D eigenvalue weighted by Gasteiger charge is -2.34. The van der Waals surface area contributed by atoms with Crippen LogP contribution < -0.4 is 15.4 Å². The van der Waals surface area contributed by atoms with Crippen molar-refractivity contribution in [3.8, 4) is 0 Å². The van der Waals surface area contributed by atoms with E-state index in [1.165, 1.54) is 5.56 Å². The smallest absolute Gasteiger partial charge is 0.251 e. The lowest BCUT2D eigenvalue weighted by Crippen LogP contribution is -2.42. The molecule has 1 aromatic heterocycles. The van der Waals surface area contributed by atoms with Crippen LogP contribution in [0.5, 0.6) is 0 Å². The Bertz CT molecular complexity index is 896. The van der Waals surface area contributed by atoms with Crippen LogP contribution in [-0.4, -0.2) is 43.4 Å². The number of fused-ring (bicyclic) bond motifs is 1. The fourth-order valence-corrected chi connectivity index (χ4v) is 5.36. The van der Waals surface area contributed by atoms with Crippen LogP contribution in [0.25, 0.3) is 0 Å². The van der Waals surface area contributed by atoms with Crippen molar-refractivity contribution < 1.29 is 4.74 Å². The average Bonchev–Trinajstić information content (AvgIpc) is 3.16. The number of benzene rings is 1. The maximum absolute atomic E-state index is 12.5. The Hall–Kier alpha value is -2.27. The van der Waals surface area contributed by atoms with Crippen molar-refractivity contribution in [2.24, 2.45) is 17.8 Å². The normalized spacial score (nSPS) is 31.7. The quantitative estimate of drug-likeness (QED) is 0.887. The fourth-order valence-electron chi connectivity index (χ4n) is 5.36. The minimum absolute atomic E-state index is 0.0151. The molecule has 1 N–H and O–H groups in total. The number of piperidine rings is 1. The summed E-state index contributed by atoms with van der Waals surface area (Å²) in [6.45, 7) is 7.89. The molecular formula is C23H29N3O2. The summed E-state index contributed by atoms with van der Waals surface area (Å²) in [5.74, 6) is 3.25. The Kier molecular flexibility index (Phi) is 4.43. The molecule has 1 saturated carbocycles. The monoisotopic (exact) mass is 379 g/mol. The third-order valence-corrected chi connectivity index (χ3v) is 6.91. The van der Waals surface area contributed by atoms with Crippen molar-refractivity contribution in [1.82, 2.24) is 4.98 Å². The predicted octanol–water partition coefficient (Wildman–Crippen LogP) is 2.91. The molecule has 28 heavy (non-hydrogen) atoms. The lowest BCUT2D eigenvalue weighted by atomic mass is 10.0. The van der Waals surface area contributed by atoms with Gasteiger partial charge in [-0.1, -0.05) is 37.3 Å². The molecule has 5 rings (SSSR count). The largest absolute Gasteiger partial charge is 0.375 e. The van der Waals surface area contributed by atoms with Crippen molar-refractivity contribution in [1.29, 1.82) is 0 Å². The number of hydrogen-bond acceptors (Lipinski definition) is 4. The van der Waals surface area contributed by atoms with Crippen LogP contribution in [0.2, 0.25) is 0 Å². The maximum Gasteiger partial charge on any atom is 0.251 e. The van der Waals surface area contributed by atoms with Gasteiger partial charge in [-0.05, 0) is 36.7 Å². The first-order valence-corrected chi connectivity index (χ1v) is 10.5. The van der Waals surface area contributed by atoms with Gasteiger partial charge in [0.2, 0.25) is 0 Å². The molecule has 1 aromatic carbocycles. The molecule has 2 aliphatic heterocycles. The van der Waals surface area contributed by atoms with Gasteiger partial charge in [0.05, 0.1) is 12.7 Å². The highest BCUT2D eigenvalue weighted by molar-refractivity contribution is 5.57. The summed E-state index contributed by atoms with van der Waals surface area (Å²) in [5.41, 5.74) is 2.37. The Labute approximate surface area is 166 Å². The van der Waals surface area contributed by atoms with Gasteiger partial charge in [-0.15, -0.1) is 0 Å². The van der Waals surface area contributed by atoms with Gasteiger partial charge < -0.3 is 19.5 Å². The van der Waals surface area contributed by atoms with Crippen LogP contribution in [-0.2, 0) is 11.2 Å². The first kappa shape index (κ1) is 17.8. The van der Waals surface area contributed by atoms with Crippen LogP contribution >= 0.6 is 0 Å². The molecule has 0 bridgehead atoms. The van der Waals surface area contributed by atoms with Crippen molar-refractivity contribution in [2.45, 2.75) is 32.4 Å². The number of aromatic amines is 1. The van der Waals surface area contributed by atoms with Gasteiger partial charge >= 0.3 is 0 Å². The molecule has 0 amide bonds. The molecule has 148 valence electrons.